The Hall–Kier alpha value is -1.88. The average Bonchev–Trinajstić information content (AvgIpc) is 2.73. The fraction of sp³-hybridized carbons (Fsp3) is 0.0909. The number of primary amides is 1. The third-order valence-electron chi connectivity index (χ3n) is 2.28. The van der Waals surface area contributed by atoms with Gasteiger partial charge in [0.15, 0.2) is 0 Å². The van der Waals surface area contributed by atoms with Crippen LogP contribution in [0.4, 0.5) is 4.39 Å². The number of carbonyl (C=O) groups is 1. The number of nitrogens with zero attached hydrogens (tertiary/aromatic N) is 2. The number of halogens is 2. The molecule has 4 nitrogen and oxygen atoms in total. The Labute approximate surface area is 102 Å². The van der Waals surface area contributed by atoms with Crippen molar-refractivity contribution in [1.29, 1.82) is 0 Å². The van der Waals surface area contributed by atoms with E-state index >= 15 is 0 Å². The predicted octanol–water partition coefficient (Wildman–Crippen LogP) is 1.82. The summed E-state index contributed by atoms with van der Waals surface area (Å²) in [6, 6.07) is 4.73. The van der Waals surface area contributed by atoms with Gasteiger partial charge in [-0.25, -0.2) is 4.39 Å². The number of nitrogens with two attached hydrogens (primary N) is 1. The topological polar surface area (TPSA) is 60.9 Å². The molecule has 2 N–H and O–H groups in total. The van der Waals surface area contributed by atoms with E-state index in [2.05, 4.69) is 5.10 Å². The van der Waals surface area contributed by atoms with Crippen LogP contribution >= 0.6 is 11.6 Å². The van der Waals surface area contributed by atoms with Crippen molar-refractivity contribution in [3.8, 4) is 0 Å². The number of carbonyl (C=O) groups excluding carboxylic acids is 1. The Bertz CT molecular complexity index is 568. The van der Waals surface area contributed by atoms with E-state index in [1.165, 1.54) is 23.1 Å². The number of benzene rings is 1. The summed E-state index contributed by atoms with van der Waals surface area (Å²) in [4.78, 5) is 10.9. The Balaban J connectivity index is 2.25. The summed E-state index contributed by atoms with van der Waals surface area (Å²) in [5.74, 6) is -1.05. The van der Waals surface area contributed by atoms with Gasteiger partial charge in [-0.15, -0.1) is 0 Å². The van der Waals surface area contributed by atoms with Crippen LogP contribution < -0.4 is 5.73 Å². The molecule has 0 saturated carbocycles. The van der Waals surface area contributed by atoms with Gasteiger partial charge in [-0.2, -0.15) is 5.10 Å². The molecule has 0 saturated heterocycles. The number of hydrogen-bond acceptors (Lipinski definition) is 2. The lowest BCUT2D eigenvalue weighted by molar-refractivity contribution is 0.1000. The molecule has 2 aromatic rings. The highest BCUT2D eigenvalue weighted by Gasteiger charge is 2.09. The first-order chi connectivity index (χ1) is 8.08. The van der Waals surface area contributed by atoms with Crippen molar-refractivity contribution in [1.82, 2.24) is 9.78 Å². The molecule has 0 aliphatic carbocycles. The van der Waals surface area contributed by atoms with Crippen LogP contribution in [0.2, 0.25) is 5.02 Å². The van der Waals surface area contributed by atoms with Crippen LogP contribution in [0.25, 0.3) is 0 Å². The van der Waals surface area contributed by atoms with Gasteiger partial charge in [0.1, 0.15) is 5.82 Å². The molecule has 17 heavy (non-hydrogen) atoms. The molecule has 0 aliphatic heterocycles. The predicted molar refractivity (Wildman–Crippen MR) is 61.3 cm³/mol. The quantitative estimate of drug-likeness (QED) is 0.907. The summed E-state index contributed by atoms with van der Waals surface area (Å²) in [5, 5.41) is 3.97. The van der Waals surface area contributed by atoms with Crippen LogP contribution in [0, 0.1) is 5.82 Å². The molecule has 0 bridgehead atoms. The molecule has 1 aromatic carbocycles. The van der Waals surface area contributed by atoms with Crippen molar-refractivity contribution in [2.24, 2.45) is 5.73 Å². The summed E-state index contributed by atoms with van der Waals surface area (Å²) in [5.41, 5.74) is 5.77. The van der Waals surface area contributed by atoms with Gasteiger partial charge < -0.3 is 5.73 Å². The first-order valence-corrected chi connectivity index (χ1v) is 5.21. The second-order valence-corrected chi connectivity index (χ2v) is 3.91. The van der Waals surface area contributed by atoms with Gasteiger partial charge in [-0.05, 0) is 6.07 Å². The summed E-state index contributed by atoms with van der Waals surface area (Å²) in [7, 11) is 0. The molecule has 0 aliphatic rings. The van der Waals surface area contributed by atoms with E-state index in [0.29, 0.717) is 5.56 Å². The lowest BCUT2D eigenvalue weighted by Crippen LogP contribution is -2.09. The molecule has 0 unspecified atom stereocenters. The Morgan fingerprint density at radius 1 is 1.53 bits per heavy atom. The normalized spacial score (nSPS) is 10.5. The standard InChI is InChI=1S/C11H9ClFN3O/c12-9-3-1-2-7(10(9)13)5-16-6-8(4-15-16)11(14)17/h1-4,6H,5H2,(H2,14,17). The number of amides is 1. The van der Waals surface area contributed by atoms with Crippen molar-refractivity contribution in [2.75, 3.05) is 0 Å². The molecule has 1 aromatic heterocycles. The van der Waals surface area contributed by atoms with E-state index in [1.807, 2.05) is 0 Å². The van der Waals surface area contributed by atoms with Crippen LogP contribution in [0.3, 0.4) is 0 Å². The molecule has 0 atom stereocenters. The largest absolute Gasteiger partial charge is 0.366 e. The van der Waals surface area contributed by atoms with E-state index < -0.39 is 11.7 Å². The molecule has 1 amide bonds. The third kappa shape index (κ3) is 2.45. The van der Waals surface area contributed by atoms with E-state index in [0.717, 1.165) is 0 Å². The maximum Gasteiger partial charge on any atom is 0.251 e. The van der Waals surface area contributed by atoms with Gasteiger partial charge in [-0.1, -0.05) is 23.7 Å². The van der Waals surface area contributed by atoms with Gasteiger partial charge in [0.2, 0.25) is 0 Å². The van der Waals surface area contributed by atoms with E-state index in [1.54, 1.807) is 12.1 Å². The van der Waals surface area contributed by atoms with Crippen molar-refractivity contribution < 1.29 is 9.18 Å². The first kappa shape index (κ1) is 11.6. The van der Waals surface area contributed by atoms with Crippen molar-refractivity contribution >= 4 is 17.5 Å². The van der Waals surface area contributed by atoms with Crippen molar-refractivity contribution in [3.63, 3.8) is 0 Å². The molecule has 88 valence electrons. The zero-order chi connectivity index (χ0) is 12.4. The molecule has 0 radical (unpaired) electrons. The Morgan fingerprint density at radius 3 is 2.94 bits per heavy atom. The molecule has 6 heteroatoms. The lowest BCUT2D eigenvalue weighted by atomic mass is 10.2. The van der Waals surface area contributed by atoms with Gasteiger partial charge in [0.25, 0.3) is 5.91 Å². The summed E-state index contributed by atoms with van der Waals surface area (Å²) in [6.07, 6.45) is 2.80. The third-order valence-corrected chi connectivity index (χ3v) is 2.57. The van der Waals surface area contributed by atoms with E-state index in [-0.39, 0.29) is 17.1 Å². The van der Waals surface area contributed by atoms with Gasteiger partial charge in [-0.3, -0.25) is 9.48 Å². The van der Waals surface area contributed by atoms with Crippen LogP contribution in [0.15, 0.2) is 30.6 Å². The minimum absolute atomic E-state index is 0.0600. The van der Waals surface area contributed by atoms with Crippen LogP contribution in [0.1, 0.15) is 15.9 Å². The molecule has 2 rings (SSSR count). The summed E-state index contributed by atoms with van der Waals surface area (Å²) >= 11 is 5.66. The SMILES string of the molecule is NC(=O)c1cnn(Cc2cccc(Cl)c2F)c1. The maximum absolute atomic E-state index is 13.6. The Kier molecular flexibility index (Phi) is 3.10. The molecule has 0 fully saturated rings. The number of hydrogen-bond donors (Lipinski definition) is 1. The number of rotatable bonds is 3. The smallest absolute Gasteiger partial charge is 0.251 e. The number of aromatic nitrogens is 2. The van der Waals surface area contributed by atoms with E-state index in [9.17, 15) is 9.18 Å². The van der Waals surface area contributed by atoms with Crippen molar-refractivity contribution in [2.45, 2.75) is 6.54 Å². The second kappa shape index (κ2) is 4.55. The molecule has 1 heterocycles. The monoisotopic (exact) mass is 253 g/mol. The van der Waals surface area contributed by atoms with Gasteiger partial charge in [0, 0.05) is 11.8 Å². The van der Waals surface area contributed by atoms with Crippen LogP contribution in [0.5, 0.6) is 0 Å². The van der Waals surface area contributed by atoms with Gasteiger partial charge in [0.05, 0.1) is 23.3 Å². The summed E-state index contributed by atoms with van der Waals surface area (Å²) < 4.78 is 15.0. The minimum Gasteiger partial charge on any atom is -0.366 e. The average molecular weight is 254 g/mol. The van der Waals surface area contributed by atoms with E-state index in [4.69, 9.17) is 17.3 Å². The zero-order valence-corrected chi connectivity index (χ0v) is 9.49. The highest BCUT2D eigenvalue weighted by molar-refractivity contribution is 6.30. The highest BCUT2D eigenvalue weighted by Crippen LogP contribution is 2.18. The zero-order valence-electron chi connectivity index (χ0n) is 8.73. The first-order valence-electron chi connectivity index (χ1n) is 4.83. The fourth-order valence-corrected chi connectivity index (χ4v) is 1.62. The molecular formula is C11H9ClFN3O. The van der Waals surface area contributed by atoms with Gasteiger partial charge >= 0.3 is 0 Å². The summed E-state index contributed by atoms with van der Waals surface area (Å²) in [6.45, 7) is 0.194. The molecular weight excluding hydrogens is 245 g/mol. The molecule has 0 spiro atoms. The lowest BCUT2D eigenvalue weighted by Gasteiger charge is -2.04. The second-order valence-electron chi connectivity index (χ2n) is 3.50. The van der Waals surface area contributed by atoms with Crippen LogP contribution in [-0.4, -0.2) is 15.7 Å². The van der Waals surface area contributed by atoms with Crippen LogP contribution in [-0.2, 0) is 6.54 Å². The maximum atomic E-state index is 13.6. The van der Waals surface area contributed by atoms with Crippen molar-refractivity contribution in [3.05, 3.63) is 52.6 Å². The fourth-order valence-electron chi connectivity index (χ4n) is 1.42. The Morgan fingerprint density at radius 2 is 2.29 bits per heavy atom. The minimum atomic E-state index is -0.567. The highest BCUT2D eigenvalue weighted by atomic mass is 35.5.